The number of hydrogen-bond donors (Lipinski definition) is 2. The minimum absolute atomic E-state index is 0.244. The van der Waals surface area contributed by atoms with Gasteiger partial charge in [0.2, 0.25) is 11.8 Å². The second-order valence-electron chi connectivity index (χ2n) is 10.4. The van der Waals surface area contributed by atoms with E-state index in [0.717, 1.165) is 0 Å². The molecule has 3 aliphatic rings. The minimum Gasteiger partial charge on any atom is -0.460 e. The van der Waals surface area contributed by atoms with Gasteiger partial charge in [0.15, 0.2) is 0 Å². The Hall–Kier alpha value is -3.43. The highest BCUT2D eigenvalue weighted by atomic mass is 16.6. The lowest BCUT2D eigenvalue weighted by molar-refractivity contribution is -0.158. The molecule has 0 aromatic rings. The van der Waals surface area contributed by atoms with Crippen LogP contribution in [0.2, 0.25) is 0 Å². The Balaban J connectivity index is 1.94. The first-order chi connectivity index (χ1) is 15.7. The van der Waals surface area contributed by atoms with Gasteiger partial charge in [0.25, 0.3) is 5.91 Å². The van der Waals surface area contributed by atoms with Gasteiger partial charge in [0.05, 0.1) is 18.4 Å². The van der Waals surface area contributed by atoms with Gasteiger partial charge in [0.1, 0.15) is 17.2 Å². The van der Waals surface area contributed by atoms with Crippen molar-refractivity contribution in [1.82, 2.24) is 15.5 Å². The maximum atomic E-state index is 13.6. The number of amides is 4. The van der Waals surface area contributed by atoms with E-state index in [1.54, 1.807) is 59.8 Å². The number of esters is 1. The largest absolute Gasteiger partial charge is 0.460 e. The number of allylic oxidation sites excluding steroid dienone is 2. The zero-order chi connectivity index (χ0) is 25.4. The lowest BCUT2D eigenvalue weighted by Crippen LogP contribution is -2.50. The first kappa shape index (κ1) is 25.2. The van der Waals surface area contributed by atoms with Crippen LogP contribution in [-0.2, 0) is 28.7 Å². The summed E-state index contributed by atoms with van der Waals surface area (Å²) in [5.41, 5.74) is -1.02. The number of nitrogens with one attached hydrogen (secondary N) is 2. The summed E-state index contributed by atoms with van der Waals surface area (Å²) in [6, 6.07) is -1.73. The van der Waals surface area contributed by atoms with Gasteiger partial charge in [0, 0.05) is 17.7 Å². The molecule has 0 aromatic heterocycles. The topological polar surface area (TPSA) is 131 Å². The Bertz CT molecular complexity index is 997. The van der Waals surface area contributed by atoms with Gasteiger partial charge < -0.3 is 14.8 Å². The Labute approximate surface area is 198 Å². The predicted octanol–water partition coefficient (Wildman–Crippen LogP) is 1.72. The number of likely N-dealkylation sites (tertiary alicyclic amines) is 1. The standard InChI is InChI=1S/C24H31N3O7/c1-23(2,3)33-18(29)12-13-19-14(25-22(32)34-24(4,5)6)8-7-9-15(19)27(21(13)31)16-10-11-17(28)26-20(16)30/h7-11,13-14,16,19H,12H2,1-6H3,(H,25,32)(H,26,28,30). The normalized spacial score (nSPS) is 26.6. The van der Waals surface area contributed by atoms with Gasteiger partial charge in [-0.05, 0) is 53.7 Å². The summed E-state index contributed by atoms with van der Waals surface area (Å²) in [5.74, 6) is -3.81. The third kappa shape index (κ3) is 5.73. The van der Waals surface area contributed by atoms with Crippen molar-refractivity contribution in [2.75, 3.05) is 0 Å². The molecule has 10 nitrogen and oxygen atoms in total. The Morgan fingerprint density at radius 2 is 1.68 bits per heavy atom. The molecule has 34 heavy (non-hydrogen) atoms. The fourth-order valence-corrected chi connectivity index (χ4v) is 4.21. The summed E-state index contributed by atoms with van der Waals surface area (Å²) in [6.07, 6.45) is 6.66. The van der Waals surface area contributed by atoms with Gasteiger partial charge in [-0.2, -0.15) is 0 Å². The van der Waals surface area contributed by atoms with Crippen molar-refractivity contribution < 1.29 is 33.4 Å². The van der Waals surface area contributed by atoms with Crippen LogP contribution in [0.25, 0.3) is 0 Å². The van der Waals surface area contributed by atoms with E-state index in [0.29, 0.717) is 5.70 Å². The number of hydrogen-bond acceptors (Lipinski definition) is 7. The molecule has 0 spiro atoms. The number of nitrogens with zero attached hydrogens (tertiary/aromatic N) is 1. The van der Waals surface area contributed by atoms with Crippen LogP contribution in [0.1, 0.15) is 48.0 Å². The van der Waals surface area contributed by atoms with Crippen LogP contribution in [0, 0.1) is 11.8 Å². The lowest BCUT2D eigenvalue weighted by Gasteiger charge is -2.32. The summed E-state index contributed by atoms with van der Waals surface area (Å²) in [4.78, 5) is 64.1. The molecule has 1 aliphatic carbocycles. The summed E-state index contributed by atoms with van der Waals surface area (Å²) in [5, 5.41) is 4.96. The SMILES string of the molecule is CC(C)(C)OC(=O)CC1C(=O)N(C2C=CC(=O)NC2=O)C2=CC=CC(NC(=O)OC(C)(C)C)C21. The van der Waals surface area contributed by atoms with Gasteiger partial charge in [-0.1, -0.05) is 12.2 Å². The van der Waals surface area contributed by atoms with Crippen LogP contribution in [-0.4, -0.2) is 58.0 Å². The average molecular weight is 474 g/mol. The lowest BCUT2D eigenvalue weighted by atomic mass is 9.82. The van der Waals surface area contributed by atoms with E-state index < -0.39 is 64.9 Å². The number of carbonyl (C=O) groups excluding carboxylic acids is 5. The highest BCUT2D eigenvalue weighted by molar-refractivity contribution is 6.08. The third-order valence-corrected chi connectivity index (χ3v) is 5.29. The van der Waals surface area contributed by atoms with Crippen LogP contribution in [0.3, 0.4) is 0 Å². The molecule has 1 fully saturated rings. The van der Waals surface area contributed by atoms with Crippen molar-refractivity contribution >= 4 is 29.8 Å². The van der Waals surface area contributed by atoms with Crippen LogP contribution in [0.5, 0.6) is 0 Å². The molecule has 3 rings (SSSR count). The molecular weight excluding hydrogens is 442 g/mol. The first-order valence-corrected chi connectivity index (χ1v) is 11.1. The Morgan fingerprint density at radius 1 is 1.03 bits per heavy atom. The van der Waals surface area contributed by atoms with Crippen LogP contribution < -0.4 is 10.6 Å². The molecule has 0 bridgehead atoms. The van der Waals surface area contributed by atoms with E-state index in [9.17, 15) is 24.0 Å². The number of ether oxygens (including phenoxy) is 2. The molecule has 2 aliphatic heterocycles. The molecule has 0 saturated carbocycles. The second-order valence-corrected chi connectivity index (χ2v) is 10.4. The summed E-state index contributed by atoms with van der Waals surface area (Å²) < 4.78 is 10.8. The highest BCUT2D eigenvalue weighted by Gasteiger charge is 2.52. The molecule has 0 aromatic carbocycles. The first-order valence-electron chi connectivity index (χ1n) is 11.1. The number of rotatable bonds is 4. The van der Waals surface area contributed by atoms with E-state index in [-0.39, 0.29) is 6.42 Å². The van der Waals surface area contributed by atoms with Crippen molar-refractivity contribution in [2.45, 2.75) is 71.2 Å². The third-order valence-electron chi connectivity index (χ3n) is 5.29. The Morgan fingerprint density at radius 3 is 2.26 bits per heavy atom. The zero-order valence-electron chi connectivity index (χ0n) is 20.2. The van der Waals surface area contributed by atoms with Crippen molar-refractivity contribution in [3.8, 4) is 0 Å². The fraction of sp³-hybridized carbons (Fsp3) is 0.542. The van der Waals surface area contributed by atoms with Crippen LogP contribution >= 0.6 is 0 Å². The quantitative estimate of drug-likeness (QED) is 0.469. The van der Waals surface area contributed by atoms with Gasteiger partial charge in [-0.25, -0.2) is 4.79 Å². The van der Waals surface area contributed by atoms with E-state index in [1.807, 2.05) is 0 Å². The van der Waals surface area contributed by atoms with Crippen molar-refractivity contribution in [2.24, 2.45) is 11.8 Å². The van der Waals surface area contributed by atoms with E-state index >= 15 is 0 Å². The van der Waals surface area contributed by atoms with Gasteiger partial charge in [-0.15, -0.1) is 0 Å². The molecule has 2 N–H and O–H groups in total. The Kier molecular flexibility index (Phi) is 6.73. The second kappa shape index (κ2) is 9.08. The highest BCUT2D eigenvalue weighted by Crippen LogP contribution is 2.43. The fourth-order valence-electron chi connectivity index (χ4n) is 4.21. The summed E-state index contributed by atoms with van der Waals surface area (Å²) in [6.45, 7) is 10.4. The van der Waals surface area contributed by atoms with Crippen LogP contribution in [0.4, 0.5) is 4.79 Å². The maximum absolute atomic E-state index is 13.6. The molecule has 184 valence electrons. The molecule has 0 radical (unpaired) electrons. The van der Waals surface area contributed by atoms with Crippen LogP contribution in [0.15, 0.2) is 36.1 Å². The van der Waals surface area contributed by atoms with E-state index in [4.69, 9.17) is 9.47 Å². The monoisotopic (exact) mass is 473 g/mol. The molecule has 2 heterocycles. The summed E-state index contributed by atoms with van der Waals surface area (Å²) >= 11 is 0. The zero-order valence-corrected chi connectivity index (χ0v) is 20.2. The molecular formula is C24H31N3O7. The molecule has 4 amide bonds. The van der Waals surface area contributed by atoms with Crippen molar-refractivity contribution in [1.29, 1.82) is 0 Å². The maximum Gasteiger partial charge on any atom is 0.408 e. The number of alkyl carbamates (subject to hydrolysis) is 1. The van der Waals surface area contributed by atoms with Gasteiger partial charge in [-0.3, -0.25) is 29.4 Å². The van der Waals surface area contributed by atoms with Gasteiger partial charge >= 0.3 is 12.1 Å². The summed E-state index contributed by atoms with van der Waals surface area (Å²) in [7, 11) is 0. The molecule has 4 atom stereocenters. The van der Waals surface area contributed by atoms with E-state index in [2.05, 4.69) is 10.6 Å². The number of imide groups is 1. The number of carbonyl (C=O) groups is 5. The molecule has 10 heteroatoms. The van der Waals surface area contributed by atoms with E-state index in [1.165, 1.54) is 17.1 Å². The molecule has 1 saturated heterocycles. The molecule has 4 unspecified atom stereocenters. The van der Waals surface area contributed by atoms with Crippen molar-refractivity contribution in [3.63, 3.8) is 0 Å². The smallest absolute Gasteiger partial charge is 0.408 e. The average Bonchev–Trinajstić information content (AvgIpc) is 2.91. The number of fused-ring (bicyclic) bond motifs is 1. The minimum atomic E-state index is -1.06. The van der Waals surface area contributed by atoms with Crippen molar-refractivity contribution in [3.05, 3.63) is 36.1 Å². The predicted molar refractivity (Wildman–Crippen MR) is 121 cm³/mol.